The van der Waals surface area contributed by atoms with Crippen LogP contribution in [0.5, 0.6) is 0 Å². The van der Waals surface area contributed by atoms with Crippen LogP contribution in [0.25, 0.3) is 12.2 Å². The van der Waals surface area contributed by atoms with Crippen molar-refractivity contribution in [1.82, 2.24) is 0 Å². The molecule has 0 saturated carbocycles. The second kappa shape index (κ2) is 7.75. The third-order valence-corrected chi connectivity index (χ3v) is 9.09. The highest BCUT2D eigenvalue weighted by Crippen LogP contribution is 2.42. The molecule has 0 amide bonds. The van der Waals surface area contributed by atoms with Gasteiger partial charge in [0.2, 0.25) is 0 Å². The minimum Gasteiger partial charge on any atom is -0.0683 e. The minimum absolute atomic E-state index is 1.19. The predicted octanol–water partition coefficient (Wildman–Crippen LogP) is 7.77. The maximum absolute atomic E-state index is 2.53. The van der Waals surface area contributed by atoms with Gasteiger partial charge in [0.05, 0.1) is 0 Å². The lowest BCUT2D eigenvalue weighted by Gasteiger charge is -2.27. The molecule has 2 aromatic carbocycles. The van der Waals surface area contributed by atoms with Crippen molar-refractivity contribution in [1.29, 1.82) is 0 Å². The number of hydrogen-bond donors (Lipinski definition) is 0. The molecule has 32 heavy (non-hydrogen) atoms. The van der Waals surface area contributed by atoms with Crippen LogP contribution in [0.4, 0.5) is 0 Å². The zero-order chi connectivity index (χ0) is 22.0. The highest BCUT2D eigenvalue weighted by Gasteiger charge is 2.28. The average Bonchev–Trinajstić information content (AvgIpc) is 3.38. The standard InChI is InChI=1S/C32H38/c1-19-15-29-25(21(3)23-9-5-7-11-27(23)31(29)17-19)13-14-26-22(4)24-10-6-8-12-28(24)32-18-20(2)16-30(26)32/h15-16H,5-14,17-18H2,1-4H3. The summed E-state index contributed by atoms with van der Waals surface area (Å²) in [6.07, 6.45) is 20.6. The topological polar surface area (TPSA) is 0 Å². The third kappa shape index (κ3) is 3.09. The molecule has 0 atom stereocenters. The quantitative estimate of drug-likeness (QED) is 0.474. The fourth-order valence-electron chi connectivity index (χ4n) is 7.56. The second-order valence-electron chi connectivity index (χ2n) is 11.2. The zero-order valence-corrected chi connectivity index (χ0v) is 20.6. The molecule has 166 valence electrons. The Balaban J connectivity index is 1.44. The summed E-state index contributed by atoms with van der Waals surface area (Å²) in [6.45, 7) is 9.55. The second-order valence-corrected chi connectivity index (χ2v) is 11.2. The summed E-state index contributed by atoms with van der Waals surface area (Å²) in [5, 5.41) is 0. The van der Waals surface area contributed by atoms with E-state index in [2.05, 4.69) is 39.8 Å². The predicted molar refractivity (Wildman–Crippen MR) is 138 cm³/mol. The van der Waals surface area contributed by atoms with Crippen molar-refractivity contribution < 1.29 is 0 Å². The van der Waals surface area contributed by atoms with Crippen molar-refractivity contribution in [2.75, 3.05) is 0 Å². The van der Waals surface area contributed by atoms with Crippen molar-refractivity contribution in [3.8, 4) is 0 Å². The first kappa shape index (κ1) is 20.5. The Morgan fingerprint density at radius 2 is 0.875 bits per heavy atom. The molecule has 0 nitrogen and oxygen atoms in total. The van der Waals surface area contributed by atoms with Crippen molar-refractivity contribution in [3.63, 3.8) is 0 Å². The first-order chi connectivity index (χ1) is 15.5. The highest BCUT2D eigenvalue weighted by atomic mass is 14.3. The van der Waals surface area contributed by atoms with Gasteiger partial charge in [-0.25, -0.2) is 0 Å². The van der Waals surface area contributed by atoms with Crippen LogP contribution < -0.4 is 0 Å². The molecule has 0 aliphatic heterocycles. The molecule has 0 fully saturated rings. The number of benzene rings is 2. The summed E-state index contributed by atoms with van der Waals surface area (Å²) in [6, 6.07) is 0. The fourth-order valence-corrected chi connectivity index (χ4v) is 7.56. The molecule has 6 rings (SSSR count). The molecule has 0 heteroatoms. The van der Waals surface area contributed by atoms with E-state index in [0.29, 0.717) is 0 Å². The van der Waals surface area contributed by atoms with E-state index in [0.717, 1.165) is 0 Å². The van der Waals surface area contributed by atoms with Gasteiger partial charge in [0.15, 0.2) is 0 Å². The molecule has 0 heterocycles. The maximum Gasteiger partial charge on any atom is -0.00577 e. The Kier molecular flexibility index (Phi) is 4.97. The van der Waals surface area contributed by atoms with E-state index < -0.39 is 0 Å². The van der Waals surface area contributed by atoms with Crippen molar-refractivity contribution >= 4 is 12.2 Å². The van der Waals surface area contributed by atoms with Crippen LogP contribution in [0.2, 0.25) is 0 Å². The van der Waals surface area contributed by atoms with Gasteiger partial charge >= 0.3 is 0 Å². The number of hydrogen-bond acceptors (Lipinski definition) is 0. The summed E-state index contributed by atoms with van der Waals surface area (Å²) < 4.78 is 0. The molecule has 0 unspecified atom stereocenters. The van der Waals surface area contributed by atoms with E-state index in [4.69, 9.17) is 0 Å². The van der Waals surface area contributed by atoms with Crippen molar-refractivity contribution in [3.05, 3.63) is 77.9 Å². The SMILES string of the molecule is CC1=Cc2c(CCc3c(C)c4c(c5c3C=C(C)C5)CCCC4)c(C)c3c(c2C1)CCCC3. The van der Waals surface area contributed by atoms with E-state index in [-0.39, 0.29) is 0 Å². The fraction of sp³-hybridized carbons (Fsp3) is 0.500. The van der Waals surface area contributed by atoms with Gasteiger partial charge in [-0.15, -0.1) is 0 Å². The Hall–Kier alpha value is -2.08. The van der Waals surface area contributed by atoms with Gasteiger partial charge < -0.3 is 0 Å². The summed E-state index contributed by atoms with van der Waals surface area (Å²) >= 11 is 0. The largest absolute Gasteiger partial charge is 0.0683 e. The van der Waals surface area contributed by atoms with Gasteiger partial charge in [-0.3, -0.25) is 0 Å². The molecule has 4 aliphatic carbocycles. The maximum atomic E-state index is 2.53. The van der Waals surface area contributed by atoms with E-state index in [1.165, 1.54) is 77.0 Å². The van der Waals surface area contributed by atoms with Crippen LogP contribution >= 0.6 is 0 Å². The number of rotatable bonds is 3. The van der Waals surface area contributed by atoms with Gasteiger partial charge in [0, 0.05) is 0 Å². The zero-order valence-electron chi connectivity index (χ0n) is 20.6. The first-order valence-electron chi connectivity index (χ1n) is 13.2. The van der Waals surface area contributed by atoms with E-state index >= 15 is 0 Å². The molecule has 0 aromatic heterocycles. The van der Waals surface area contributed by atoms with Gasteiger partial charge in [0.1, 0.15) is 0 Å². The molecule has 2 aromatic rings. The van der Waals surface area contributed by atoms with Crippen LogP contribution in [-0.4, -0.2) is 0 Å². The summed E-state index contributed by atoms with van der Waals surface area (Å²) in [4.78, 5) is 0. The highest BCUT2D eigenvalue weighted by molar-refractivity contribution is 5.73. The van der Waals surface area contributed by atoms with Gasteiger partial charge in [-0.05, 0) is 172 Å². The minimum atomic E-state index is 1.19. The van der Waals surface area contributed by atoms with E-state index in [9.17, 15) is 0 Å². The molecule has 0 N–H and O–H groups in total. The summed E-state index contributed by atoms with van der Waals surface area (Å²) in [5.74, 6) is 0. The lowest BCUT2D eigenvalue weighted by molar-refractivity contribution is 0.671. The normalized spacial score (nSPS) is 18.6. The molecule has 0 saturated heterocycles. The van der Waals surface area contributed by atoms with Crippen LogP contribution in [0.3, 0.4) is 0 Å². The van der Waals surface area contributed by atoms with Crippen molar-refractivity contribution in [2.45, 2.75) is 105 Å². The Labute approximate surface area is 194 Å². The monoisotopic (exact) mass is 422 g/mol. The molecule has 0 radical (unpaired) electrons. The van der Waals surface area contributed by atoms with Gasteiger partial charge in [-0.2, -0.15) is 0 Å². The van der Waals surface area contributed by atoms with E-state index in [1.54, 1.807) is 77.9 Å². The van der Waals surface area contributed by atoms with Gasteiger partial charge in [-0.1, -0.05) is 23.3 Å². The van der Waals surface area contributed by atoms with Crippen molar-refractivity contribution in [2.24, 2.45) is 0 Å². The first-order valence-corrected chi connectivity index (χ1v) is 13.2. The molecular formula is C32H38. The Morgan fingerprint density at radius 3 is 1.28 bits per heavy atom. The lowest BCUT2D eigenvalue weighted by Crippen LogP contribution is -2.14. The lowest BCUT2D eigenvalue weighted by atomic mass is 9.78. The number of allylic oxidation sites excluding steroid dienone is 2. The van der Waals surface area contributed by atoms with Crippen LogP contribution in [0.15, 0.2) is 11.1 Å². The third-order valence-electron chi connectivity index (χ3n) is 9.09. The Bertz CT molecular complexity index is 1100. The summed E-state index contributed by atoms with van der Waals surface area (Å²) in [7, 11) is 0. The number of fused-ring (bicyclic) bond motifs is 6. The van der Waals surface area contributed by atoms with E-state index in [1.807, 2.05) is 0 Å². The van der Waals surface area contributed by atoms with Crippen LogP contribution in [0.1, 0.15) is 106 Å². The van der Waals surface area contributed by atoms with Crippen LogP contribution in [0, 0.1) is 13.8 Å². The summed E-state index contributed by atoms with van der Waals surface area (Å²) in [5.41, 5.74) is 23.2. The molecular weight excluding hydrogens is 384 g/mol. The van der Waals surface area contributed by atoms with Gasteiger partial charge in [0.25, 0.3) is 0 Å². The molecule has 0 spiro atoms. The molecule has 4 aliphatic rings. The Morgan fingerprint density at radius 1 is 0.500 bits per heavy atom. The smallest absolute Gasteiger partial charge is 0.00577 e. The van der Waals surface area contributed by atoms with Crippen LogP contribution in [-0.2, 0) is 51.4 Å². The average molecular weight is 423 g/mol. The molecule has 0 bridgehead atoms.